The van der Waals surface area contributed by atoms with E-state index in [0.29, 0.717) is 12.1 Å². The molecule has 3 heterocycles. The Balaban J connectivity index is 1.30. The molecule has 0 unspecified atom stereocenters. The first-order valence-corrected chi connectivity index (χ1v) is 10.5. The molecule has 0 bridgehead atoms. The van der Waals surface area contributed by atoms with Crippen molar-refractivity contribution in [2.45, 2.75) is 6.42 Å². The summed E-state index contributed by atoms with van der Waals surface area (Å²) in [5, 5.41) is 3.00. The van der Waals surface area contributed by atoms with Crippen molar-refractivity contribution in [3.63, 3.8) is 0 Å². The van der Waals surface area contributed by atoms with Gasteiger partial charge in [0, 0.05) is 50.7 Å². The van der Waals surface area contributed by atoms with Crippen molar-refractivity contribution >= 4 is 17.5 Å². The number of carbonyl (C=O) groups is 1. The summed E-state index contributed by atoms with van der Waals surface area (Å²) in [5.41, 5.74) is 1.79. The van der Waals surface area contributed by atoms with Crippen LogP contribution in [0.1, 0.15) is 15.9 Å². The van der Waals surface area contributed by atoms with Crippen molar-refractivity contribution in [2.75, 3.05) is 49.6 Å². The van der Waals surface area contributed by atoms with Crippen LogP contribution < -0.4 is 19.9 Å². The van der Waals surface area contributed by atoms with Crippen LogP contribution in [0.3, 0.4) is 0 Å². The number of methoxy groups -OCH3 is 1. The van der Waals surface area contributed by atoms with E-state index < -0.39 is 0 Å². The topological polar surface area (TPSA) is 70.6 Å². The van der Waals surface area contributed by atoms with E-state index in [2.05, 4.69) is 25.1 Å². The van der Waals surface area contributed by atoms with E-state index in [9.17, 15) is 4.79 Å². The monoisotopic (exact) mass is 417 g/mol. The highest BCUT2D eigenvalue weighted by Gasteiger charge is 2.19. The SMILES string of the molecule is COc1ccc(CCNC(=O)c2ccnc(N3CCN(c4ccccn4)CC3)c2)cc1. The van der Waals surface area contributed by atoms with E-state index in [4.69, 9.17) is 4.74 Å². The lowest BCUT2D eigenvalue weighted by Gasteiger charge is -2.36. The highest BCUT2D eigenvalue weighted by molar-refractivity contribution is 5.94. The van der Waals surface area contributed by atoms with Gasteiger partial charge in [0.05, 0.1) is 7.11 Å². The fraction of sp³-hybridized carbons (Fsp3) is 0.292. The molecule has 0 spiro atoms. The highest BCUT2D eigenvalue weighted by Crippen LogP contribution is 2.18. The molecular formula is C24H27N5O2. The maximum absolute atomic E-state index is 12.6. The van der Waals surface area contributed by atoms with Gasteiger partial charge in [-0.25, -0.2) is 9.97 Å². The summed E-state index contributed by atoms with van der Waals surface area (Å²) in [7, 11) is 1.65. The number of benzene rings is 1. The fourth-order valence-electron chi connectivity index (χ4n) is 3.65. The first-order valence-electron chi connectivity index (χ1n) is 10.5. The van der Waals surface area contributed by atoms with E-state index in [0.717, 1.165) is 55.5 Å². The van der Waals surface area contributed by atoms with Crippen molar-refractivity contribution < 1.29 is 9.53 Å². The van der Waals surface area contributed by atoms with Gasteiger partial charge in [-0.2, -0.15) is 0 Å². The number of piperazine rings is 1. The summed E-state index contributed by atoms with van der Waals surface area (Å²) >= 11 is 0. The predicted molar refractivity (Wildman–Crippen MR) is 122 cm³/mol. The first-order chi connectivity index (χ1) is 15.2. The molecule has 3 aromatic rings. The van der Waals surface area contributed by atoms with Crippen LogP contribution in [0.5, 0.6) is 5.75 Å². The molecule has 1 aliphatic rings. The minimum Gasteiger partial charge on any atom is -0.497 e. The van der Waals surface area contributed by atoms with Crippen LogP contribution >= 0.6 is 0 Å². The van der Waals surface area contributed by atoms with Crippen molar-refractivity contribution in [1.82, 2.24) is 15.3 Å². The van der Waals surface area contributed by atoms with Crippen LogP contribution in [-0.2, 0) is 6.42 Å². The Bertz CT molecular complexity index is 986. The second kappa shape index (κ2) is 9.93. The van der Waals surface area contributed by atoms with Gasteiger partial charge in [-0.15, -0.1) is 0 Å². The van der Waals surface area contributed by atoms with E-state index in [1.54, 1.807) is 19.4 Å². The van der Waals surface area contributed by atoms with Crippen LogP contribution in [0, 0.1) is 0 Å². The highest BCUT2D eigenvalue weighted by atomic mass is 16.5. The zero-order valence-corrected chi connectivity index (χ0v) is 17.7. The average Bonchev–Trinajstić information content (AvgIpc) is 2.85. The van der Waals surface area contributed by atoms with Gasteiger partial charge in [0.15, 0.2) is 0 Å². The third-order valence-corrected chi connectivity index (χ3v) is 5.44. The van der Waals surface area contributed by atoms with E-state index in [-0.39, 0.29) is 5.91 Å². The molecule has 0 atom stereocenters. The molecule has 0 aliphatic carbocycles. The Labute approximate surface area is 182 Å². The number of hydrogen-bond donors (Lipinski definition) is 1. The van der Waals surface area contributed by atoms with Crippen LogP contribution in [0.2, 0.25) is 0 Å². The minimum atomic E-state index is -0.0794. The summed E-state index contributed by atoms with van der Waals surface area (Å²) in [6.07, 6.45) is 4.29. The standard InChI is InChI=1S/C24H27N5O2/c1-31-21-7-5-19(6-8-21)9-12-27-24(30)20-10-13-26-23(18-20)29-16-14-28(15-17-29)22-4-2-3-11-25-22/h2-8,10-11,13,18H,9,12,14-17H2,1H3,(H,27,30). The third kappa shape index (κ3) is 5.31. The molecule has 31 heavy (non-hydrogen) atoms. The van der Waals surface area contributed by atoms with Gasteiger partial charge in [-0.05, 0) is 48.4 Å². The molecule has 1 N–H and O–H groups in total. The lowest BCUT2D eigenvalue weighted by molar-refractivity contribution is 0.0954. The molecule has 2 aromatic heterocycles. The number of nitrogens with zero attached hydrogens (tertiary/aromatic N) is 4. The molecule has 7 heteroatoms. The molecule has 1 saturated heterocycles. The Morgan fingerprint density at radius 1 is 0.935 bits per heavy atom. The van der Waals surface area contributed by atoms with Crippen LogP contribution in [0.15, 0.2) is 67.0 Å². The third-order valence-electron chi connectivity index (χ3n) is 5.44. The average molecular weight is 418 g/mol. The lowest BCUT2D eigenvalue weighted by Crippen LogP contribution is -2.47. The Morgan fingerprint density at radius 2 is 1.65 bits per heavy atom. The number of nitrogens with one attached hydrogen (secondary N) is 1. The molecule has 7 nitrogen and oxygen atoms in total. The number of anilines is 2. The zero-order valence-electron chi connectivity index (χ0n) is 17.7. The molecule has 0 radical (unpaired) electrons. The summed E-state index contributed by atoms with van der Waals surface area (Å²) in [5.74, 6) is 2.59. The molecular weight excluding hydrogens is 390 g/mol. The van der Waals surface area contributed by atoms with Gasteiger partial charge in [-0.3, -0.25) is 4.79 Å². The van der Waals surface area contributed by atoms with Crippen LogP contribution in [0.4, 0.5) is 11.6 Å². The summed E-state index contributed by atoms with van der Waals surface area (Å²) in [4.78, 5) is 26.0. The molecule has 0 saturated carbocycles. The lowest BCUT2D eigenvalue weighted by atomic mass is 10.1. The number of rotatable bonds is 7. The Hall–Kier alpha value is -3.61. The van der Waals surface area contributed by atoms with Crippen molar-refractivity contribution in [1.29, 1.82) is 0 Å². The smallest absolute Gasteiger partial charge is 0.251 e. The van der Waals surface area contributed by atoms with Crippen molar-refractivity contribution in [2.24, 2.45) is 0 Å². The van der Waals surface area contributed by atoms with Crippen molar-refractivity contribution in [3.8, 4) is 5.75 Å². The van der Waals surface area contributed by atoms with Gasteiger partial charge in [0.2, 0.25) is 0 Å². The largest absolute Gasteiger partial charge is 0.497 e. The summed E-state index contributed by atoms with van der Waals surface area (Å²) < 4.78 is 5.17. The Morgan fingerprint density at radius 3 is 2.32 bits per heavy atom. The van der Waals surface area contributed by atoms with Crippen LogP contribution in [-0.4, -0.2) is 55.7 Å². The summed E-state index contributed by atoms with van der Waals surface area (Å²) in [6, 6.07) is 17.5. The number of aromatic nitrogens is 2. The maximum Gasteiger partial charge on any atom is 0.251 e. The van der Waals surface area contributed by atoms with Gasteiger partial charge >= 0.3 is 0 Å². The number of pyridine rings is 2. The molecule has 160 valence electrons. The van der Waals surface area contributed by atoms with Gasteiger partial charge in [-0.1, -0.05) is 18.2 Å². The quantitative estimate of drug-likeness (QED) is 0.638. The second-order valence-corrected chi connectivity index (χ2v) is 7.42. The first kappa shape index (κ1) is 20.7. The number of amides is 1. The van der Waals surface area contributed by atoms with E-state index in [1.165, 1.54) is 0 Å². The molecule has 1 aliphatic heterocycles. The molecule has 4 rings (SSSR count). The van der Waals surface area contributed by atoms with E-state index >= 15 is 0 Å². The predicted octanol–water partition coefficient (Wildman–Crippen LogP) is 2.78. The van der Waals surface area contributed by atoms with E-state index in [1.807, 2.05) is 54.7 Å². The molecule has 1 amide bonds. The zero-order chi connectivity index (χ0) is 21.5. The van der Waals surface area contributed by atoms with Crippen molar-refractivity contribution in [3.05, 3.63) is 78.1 Å². The summed E-state index contributed by atoms with van der Waals surface area (Å²) in [6.45, 7) is 4.00. The van der Waals surface area contributed by atoms with Gasteiger partial charge < -0.3 is 19.9 Å². The normalized spacial score (nSPS) is 13.7. The molecule has 1 aromatic carbocycles. The fourth-order valence-corrected chi connectivity index (χ4v) is 3.65. The molecule has 1 fully saturated rings. The number of ether oxygens (including phenoxy) is 1. The Kier molecular flexibility index (Phi) is 6.62. The van der Waals surface area contributed by atoms with Gasteiger partial charge in [0.1, 0.15) is 17.4 Å². The van der Waals surface area contributed by atoms with Gasteiger partial charge in [0.25, 0.3) is 5.91 Å². The number of hydrogen-bond acceptors (Lipinski definition) is 6. The number of carbonyl (C=O) groups excluding carboxylic acids is 1. The maximum atomic E-state index is 12.6. The minimum absolute atomic E-state index is 0.0794. The van der Waals surface area contributed by atoms with Crippen LogP contribution in [0.25, 0.3) is 0 Å². The second-order valence-electron chi connectivity index (χ2n) is 7.42.